The number of methoxy groups -OCH3 is 1. The molecule has 1 spiro atoms. The van der Waals surface area contributed by atoms with Crippen molar-refractivity contribution in [1.29, 1.82) is 0 Å². The van der Waals surface area contributed by atoms with Crippen LogP contribution in [0.25, 0.3) is 0 Å². The van der Waals surface area contributed by atoms with E-state index in [1.807, 2.05) is 13.0 Å². The molecule has 7 atom stereocenters. The van der Waals surface area contributed by atoms with E-state index in [1.54, 1.807) is 7.11 Å². The Labute approximate surface area is 203 Å². The second kappa shape index (κ2) is 6.04. The monoisotopic (exact) mass is 466 g/mol. The summed E-state index contributed by atoms with van der Waals surface area (Å²) in [5.74, 6) is 1.67. The molecule has 2 saturated carbocycles. The summed E-state index contributed by atoms with van der Waals surface area (Å²) in [6.07, 6.45) is 5.36. The summed E-state index contributed by atoms with van der Waals surface area (Å²) in [6, 6.07) is 4.38. The van der Waals surface area contributed by atoms with E-state index >= 15 is 0 Å². The minimum absolute atomic E-state index is 0.105. The van der Waals surface area contributed by atoms with Gasteiger partial charge in [-0.3, -0.25) is 0 Å². The summed E-state index contributed by atoms with van der Waals surface area (Å²) in [4.78, 5) is 0. The Morgan fingerprint density at radius 1 is 1.21 bits per heavy atom. The molecule has 2 aliphatic heterocycles. The van der Waals surface area contributed by atoms with Crippen molar-refractivity contribution >= 4 is 0 Å². The van der Waals surface area contributed by atoms with Gasteiger partial charge in [0.25, 0.3) is 0 Å². The van der Waals surface area contributed by atoms with Gasteiger partial charge in [-0.25, -0.2) is 0 Å². The van der Waals surface area contributed by atoms with Crippen molar-refractivity contribution in [1.82, 2.24) is 0 Å². The van der Waals surface area contributed by atoms with Crippen LogP contribution in [0.3, 0.4) is 0 Å². The minimum atomic E-state index is -0.945. The van der Waals surface area contributed by atoms with Gasteiger partial charge in [0.1, 0.15) is 17.7 Å². The molecule has 4 bridgehead atoms. The number of phenolic OH excluding ortho intramolecular Hbond substituents is 1. The standard InChI is InChI=1S/C29H39NO4/c1-26(2,3)27(4,32)24-18-14-29(24,33-6)25-28-11-12-30(5,15-16-7-8-16)19(22(18)28)13-17-9-10-20(31)23(34-25)21(17)28/h9-10,16,19,24-25,32H,7-8,11-15H2,1-6H3/p+1/t19-,24-,25-,27?,28-,29+,30+/m0/s1. The largest absolute Gasteiger partial charge is 0.504 e. The summed E-state index contributed by atoms with van der Waals surface area (Å²) in [5, 5.41) is 23.0. The molecule has 0 aromatic heterocycles. The number of benzene rings is 1. The number of likely N-dealkylation sites (tertiary alicyclic amines) is 1. The van der Waals surface area contributed by atoms with E-state index in [-0.39, 0.29) is 28.6 Å². The fourth-order valence-electron chi connectivity index (χ4n) is 8.97. The average molecular weight is 467 g/mol. The summed E-state index contributed by atoms with van der Waals surface area (Å²) in [7, 11) is 4.28. The summed E-state index contributed by atoms with van der Waals surface area (Å²) in [6.45, 7) is 10.8. The number of ether oxygens (including phenoxy) is 2. The van der Waals surface area contributed by atoms with E-state index in [2.05, 4.69) is 33.9 Å². The Balaban J connectivity index is 1.51. The average Bonchev–Trinajstić information content (AvgIpc) is 3.47. The second-order valence-electron chi connectivity index (χ2n) is 13.8. The number of aromatic hydroxyl groups is 1. The molecule has 3 fully saturated rings. The van der Waals surface area contributed by atoms with E-state index in [0.717, 1.165) is 36.2 Å². The zero-order chi connectivity index (χ0) is 24.1. The van der Waals surface area contributed by atoms with Gasteiger partial charge in [0.2, 0.25) is 0 Å². The highest BCUT2D eigenvalue weighted by molar-refractivity contribution is 5.69. The molecule has 8 rings (SSSR count). The molecule has 1 aromatic carbocycles. The van der Waals surface area contributed by atoms with Crippen LogP contribution in [0.4, 0.5) is 0 Å². The van der Waals surface area contributed by atoms with Gasteiger partial charge in [-0.15, -0.1) is 0 Å². The van der Waals surface area contributed by atoms with Gasteiger partial charge in [-0.1, -0.05) is 32.4 Å². The fraction of sp³-hybridized carbons (Fsp3) is 0.724. The van der Waals surface area contributed by atoms with Crippen LogP contribution in [-0.4, -0.2) is 65.3 Å². The summed E-state index contributed by atoms with van der Waals surface area (Å²) < 4.78 is 14.4. The van der Waals surface area contributed by atoms with Gasteiger partial charge in [0.15, 0.2) is 11.5 Å². The van der Waals surface area contributed by atoms with Crippen LogP contribution >= 0.6 is 0 Å². The lowest BCUT2D eigenvalue weighted by atomic mass is 9.39. The molecule has 0 radical (unpaired) electrons. The lowest BCUT2D eigenvalue weighted by Gasteiger charge is -2.70. The predicted molar refractivity (Wildman–Crippen MR) is 130 cm³/mol. The molecule has 34 heavy (non-hydrogen) atoms. The number of likely N-dealkylation sites (N-methyl/N-ethyl adjacent to an activating group) is 1. The number of hydrogen-bond donors (Lipinski definition) is 2. The first kappa shape index (κ1) is 21.7. The highest BCUT2D eigenvalue weighted by Gasteiger charge is 2.80. The molecule has 1 aromatic rings. The summed E-state index contributed by atoms with van der Waals surface area (Å²) >= 11 is 0. The SMILES string of the molecule is CO[C@@]12CC(=C3[C@@H]4Cc5ccc(O)c6c5[C@]3(CC[N@+]4(C)CC3CC3)[C@@H]1O6)[C@H]2C(C)(O)C(C)(C)C. The topological polar surface area (TPSA) is 58.9 Å². The predicted octanol–water partition coefficient (Wildman–Crippen LogP) is 4.09. The zero-order valence-electron chi connectivity index (χ0n) is 21.6. The highest BCUT2D eigenvalue weighted by Crippen LogP contribution is 2.74. The third-order valence-corrected chi connectivity index (χ3v) is 11.3. The maximum absolute atomic E-state index is 12.1. The van der Waals surface area contributed by atoms with Gasteiger partial charge in [-0.05, 0) is 36.8 Å². The summed E-state index contributed by atoms with van der Waals surface area (Å²) in [5.41, 5.74) is 3.46. The van der Waals surface area contributed by atoms with Crippen molar-refractivity contribution in [3.05, 3.63) is 34.4 Å². The molecule has 5 nitrogen and oxygen atoms in total. The Morgan fingerprint density at radius 3 is 2.59 bits per heavy atom. The molecule has 1 unspecified atom stereocenters. The highest BCUT2D eigenvalue weighted by atomic mass is 16.6. The number of quaternary nitrogens is 1. The van der Waals surface area contributed by atoms with Crippen molar-refractivity contribution in [3.63, 3.8) is 0 Å². The maximum Gasteiger partial charge on any atom is 0.166 e. The molecule has 7 aliphatic rings. The number of aliphatic hydroxyl groups is 1. The molecule has 2 N–H and O–H groups in total. The van der Waals surface area contributed by atoms with Crippen molar-refractivity contribution < 1.29 is 24.2 Å². The molecule has 5 aliphatic carbocycles. The first-order chi connectivity index (χ1) is 15.9. The van der Waals surface area contributed by atoms with E-state index in [0.29, 0.717) is 11.8 Å². The van der Waals surface area contributed by atoms with Crippen LogP contribution in [0.5, 0.6) is 11.5 Å². The van der Waals surface area contributed by atoms with Gasteiger partial charge in [0, 0.05) is 49.3 Å². The van der Waals surface area contributed by atoms with Crippen LogP contribution in [0.1, 0.15) is 64.5 Å². The second-order valence-corrected chi connectivity index (χ2v) is 13.8. The Kier molecular flexibility index (Phi) is 3.86. The normalized spacial score (nSPS) is 43.1. The van der Waals surface area contributed by atoms with Gasteiger partial charge in [-0.2, -0.15) is 0 Å². The number of rotatable bonds is 4. The number of piperidine rings is 1. The van der Waals surface area contributed by atoms with Crippen molar-refractivity contribution in [2.45, 2.75) is 88.6 Å². The quantitative estimate of drug-likeness (QED) is 0.518. The zero-order valence-corrected chi connectivity index (χ0v) is 21.6. The third-order valence-electron chi connectivity index (χ3n) is 11.3. The molecule has 184 valence electrons. The first-order valence-electron chi connectivity index (χ1n) is 13.3. The first-order valence-corrected chi connectivity index (χ1v) is 13.3. The van der Waals surface area contributed by atoms with Crippen molar-refractivity contribution in [3.8, 4) is 11.5 Å². The molecule has 5 heteroatoms. The lowest BCUT2D eigenvalue weighted by molar-refractivity contribution is -0.935. The minimum Gasteiger partial charge on any atom is -0.504 e. The molecule has 1 saturated heterocycles. The Morgan fingerprint density at radius 2 is 1.94 bits per heavy atom. The number of phenols is 1. The van der Waals surface area contributed by atoms with Crippen LogP contribution in [0.15, 0.2) is 23.3 Å². The van der Waals surface area contributed by atoms with Crippen LogP contribution < -0.4 is 4.74 Å². The molecular formula is C29H40NO4+. The number of nitrogens with zero attached hydrogens (tertiary/aromatic N) is 1. The van der Waals surface area contributed by atoms with Crippen LogP contribution in [-0.2, 0) is 16.6 Å². The van der Waals surface area contributed by atoms with E-state index in [9.17, 15) is 10.2 Å². The maximum atomic E-state index is 12.1. The Bertz CT molecular complexity index is 1140. The fourth-order valence-corrected chi connectivity index (χ4v) is 8.97. The molecule has 2 heterocycles. The van der Waals surface area contributed by atoms with E-state index < -0.39 is 11.2 Å². The number of hydrogen-bond acceptors (Lipinski definition) is 4. The lowest BCUT2D eigenvalue weighted by Crippen LogP contribution is -2.80. The van der Waals surface area contributed by atoms with Crippen molar-refractivity contribution in [2.24, 2.45) is 17.3 Å². The van der Waals surface area contributed by atoms with Gasteiger partial charge < -0.3 is 24.2 Å². The van der Waals surface area contributed by atoms with Gasteiger partial charge >= 0.3 is 0 Å². The third kappa shape index (κ3) is 2.20. The van der Waals surface area contributed by atoms with E-state index in [4.69, 9.17) is 9.47 Å². The van der Waals surface area contributed by atoms with Gasteiger partial charge in [0.05, 0.1) is 31.2 Å². The Hall–Kier alpha value is -1.56. The van der Waals surface area contributed by atoms with Crippen LogP contribution in [0.2, 0.25) is 0 Å². The smallest absolute Gasteiger partial charge is 0.166 e. The molecular weight excluding hydrogens is 426 g/mol. The van der Waals surface area contributed by atoms with E-state index in [1.165, 1.54) is 41.7 Å². The molecule has 0 amide bonds. The van der Waals surface area contributed by atoms with Crippen molar-refractivity contribution in [2.75, 3.05) is 27.2 Å². The van der Waals surface area contributed by atoms with Crippen LogP contribution in [0, 0.1) is 17.3 Å².